The van der Waals surface area contributed by atoms with Crippen molar-refractivity contribution in [2.24, 2.45) is 5.92 Å². The van der Waals surface area contributed by atoms with Crippen molar-refractivity contribution in [1.29, 1.82) is 0 Å². The highest BCUT2D eigenvalue weighted by atomic mass is 16.6. The van der Waals surface area contributed by atoms with Gasteiger partial charge in [0.05, 0.1) is 0 Å². The van der Waals surface area contributed by atoms with Crippen LogP contribution in [-0.4, -0.2) is 29.7 Å². The summed E-state index contributed by atoms with van der Waals surface area (Å²) < 4.78 is 5.01. The van der Waals surface area contributed by atoms with Crippen molar-refractivity contribution in [3.63, 3.8) is 0 Å². The Labute approximate surface area is 89.7 Å². The third-order valence-corrected chi connectivity index (χ3v) is 1.92. The Kier molecular flexibility index (Phi) is 3.21. The number of nitrogens with one attached hydrogen (secondary N) is 1. The molecule has 0 aromatic carbocycles. The predicted octanol–water partition coefficient (Wildman–Crippen LogP) is 1.29. The van der Waals surface area contributed by atoms with Crippen molar-refractivity contribution in [2.75, 3.05) is 7.05 Å². The van der Waals surface area contributed by atoms with E-state index in [0.29, 0.717) is 0 Å². The maximum Gasteiger partial charge on any atom is 0.426 e. The molecule has 1 rings (SSSR count). The van der Waals surface area contributed by atoms with Crippen LogP contribution in [-0.2, 0) is 9.53 Å². The van der Waals surface area contributed by atoms with Crippen molar-refractivity contribution in [1.82, 2.24) is 10.4 Å². The van der Waals surface area contributed by atoms with Crippen molar-refractivity contribution >= 4 is 12.0 Å². The zero-order valence-corrected chi connectivity index (χ0v) is 9.66. The number of ether oxygens (including phenoxy) is 1. The fraction of sp³-hybridized carbons (Fsp3) is 0.800. The number of rotatable bonds is 1. The number of carbonyl (C=O) groups is 2. The Bertz CT molecular complexity index is 266. The van der Waals surface area contributed by atoms with Crippen LogP contribution in [0.1, 0.15) is 33.6 Å². The number of amides is 2. The Balaban J connectivity index is 2.33. The molecule has 15 heavy (non-hydrogen) atoms. The summed E-state index contributed by atoms with van der Waals surface area (Å²) in [5.41, 5.74) is 1.83. The van der Waals surface area contributed by atoms with Gasteiger partial charge in [0.2, 0.25) is 5.91 Å². The Morgan fingerprint density at radius 3 is 2.27 bits per heavy atom. The second-order valence-electron chi connectivity index (χ2n) is 4.79. The second kappa shape index (κ2) is 4.08. The van der Waals surface area contributed by atoms with Gasteiger partial charge in [-0.3, -0.25) is 9.80 Å². The first-order valence-electron chi connectivity index (χ1n) is 5.07. The topological polar surface area (TPSA) is 58.6 Å². The SMILES string of the molecule is CN(NC(=O)OC(C)(C)C)C(=O)C1CC1. The summed E-state index contributed by atoms with van der Waals surface area (Å²) in [6, 6.07) is 0. The molecule has 0 saturated heterocycles. The zero-order chi connectivity index (χ0) is 11.6. The van der Waals surface area contributed by atoms with Gasteiger partial charge in [-0.1, -0.05) is 0 Å². The molecule has 0 aromatic heterocycles. The molecule has 5 nitrogen and oxygen atoms in total. The molecule has 86 valence electrons. The van der Waals surface area contributed by atoms with E-state index in [-0.39, 0.29) is 11.8 Å². The normalized spacial score (nSPS) is 15.7. The standard InChI is InChI=1S/C10H18N2O3/c1-10(2,3)15-9(14)11-12(4)8(13)7-5-6-7/h7H,5-6H2,1-4H3,(H,11,14). The molecule has 1 saturated carbocycles. The van der Waals surface area contributed by atoms with Crippen LogP contribution >= 0.6 is 0 Å². The van der Waals surface area contributed by atoms with Crippen LogP contribution in [0.5, 0.6) is 0 Å². The van der Waals surface area contributed by atoms with Gasteiger partial charge in [-0.15, -0.1) is 0 Å². The monoisotopic (exact) mass is 214 g/mol. The molecule has 0 spiro atoms. The van der Waals surface area contributed by atoms with Crippen LogP contribution in [0.3, 0.4) is 0 Å². The van der Waals surface area contributed by atoms with Crippen LogP contribution < -0.4 is 5.43 Å². The highest BCUT2D eigenvalue weighted by Gasteiger charge is 2.33. The van der Waals surface area contributed by atoms with Gasteiger partial charge in [0, 0.05) is 13.0 Å². The van der Waals surface area contributed by atoms with E-state index in [1.807, 2.05) is 0 Å². The van der Waals surface area contributed by atoms with Gasteiger partial charge in [0.25, 0.3) is 0 Å². The lowest BCUT2D eigenvalue weighted by Gasteiger charge is -2.23. The molecule has 0 atom stereocenters. The lowest BCUT2D eigenvalue weighted by molar-refractivity contribution is -0.134. The fourth-order valence-corrected chi connectivity index (χ4v) is 1.10. The highest BCUT2D eigenvalue weighted by Crippen LogP contribution is 2.30. The number of hydrogen-bond acceptors (Lipinski definition) is 3. The molecule has 2 amide bonds. The molecular formula is C10H18N2O3. The average Bonchev–Trinajstić information content (AvgIpc) is 2.80. The van der Waals surface area contributed by atoms with E-state index >= 15 is 0 Å². The summed E-state index contributed by atoms with van der Waals surface area (Å²) >= 11 is 0. The van der Waals surface area contributed by atoms with Gasteiger partial charge in [0.1, 0.15) is 5.60 Å². The van der Waals surface area contributed by atoms with Crippen LogP contribution in [0.2, 0.25) is 0 Å². The van der Waals surface area contributed by atoms with Gasteiger partial charge in [-0.25, -0.2) is 10.2 Å². The fourth-order valence-electron chi connectivity index (χ4n) is 1.10. The molecule has 1 aliphatic rings. The molecule has 0 radical (unpaired) electrons. The summed E-state index contributed by atoms with van der Waals surface area (Å²) in [6.45, 7) is 5.32. The first-order valence-corrected chi connectivity index (χ1v) is 5.07. The second-order valence-corrected chi connectivity index (χ2v) is 4.79. The summed E-state index contributed by atoms with van der Waals surface area (Å²) in [5, 5.41) is 1.20. The number of hydrazine groups is 1. The summed E-state index contributed by atoms with van der Waals surface area (Å²) in [7, 11) is 1.53. The summed E-state index contributed by atoms with van der Waals surface area (Å²) in [4.78, 5) is 22.8. The maximum atomic E-state index is 11.5. The van der Waals surface area contributed by atoms with Crippen molar-refractivity contribution in [3.8, 4) is 0 Å². The Morgan fingerprint density at radius 1 is 1.33 bits per heavy atom. The van der Waals surface area contributed by atoms with E-state index in [4.69, 9.17) is 4.74 Å². The van der Waals surface area contributed by atoms with E-state index < -0.39 is 11.7 Å². The lowest BCUT2D eigenvalue weighted by Crippen LogP contribution is -2.46. The third kappa shape index (κ3) is 4.18. The van der Waals surface area contributed by atoms with Gasteiger partial charge in [-0.05, 0) is 33.6 Å². The minimum absolute atomic E-state index is 0.0548. The van der Waals surface area contributed by atoms with Gasteiger partial charge < -0.3 is 4.74 Å². The molecule has 0 bridgehead atoms. The smallest absolute Gasteiger partial charge is 0.426 e. The lowest BCUT2D eigenvalue weighted by atomic mass is 10.2. The number of hydrogen-bond donors (Lipinski definition) is 1. The first kappa shape index (κ1) is 11.8. The molecule has 0 aromatic rings. The average molecular weight is 214 g/mol. The molecule has 0 unspecified atom stereocenters. The zero-order valence-electron chi connectivity index (χ0n) is 9.66. The van der Waals surface area contributed by atoms with Crippen LogP contribution in [0.4, 0.5) is 4.79 Å². The van der Waals surface area contributed by atoms with Crippen LogP contribution in [0, 0.1) is 5.92 Å². The van der Waals surface area contributed by atoms with Crippen LogP contribution in [0.25, 0.3) is 0 Å². The third-order valence-electron chi connectivity index (χ3n) is 1.92. The minimum Gasteiger partial charge on any atom is -0.443 e. The van der Waals surface area contributed by atoms with E-state index in [2.05, 4.69) is 5.43 Å². The Hall–Kier alpha value is -1.26. The van der Waals surface area contributed by atoms with Crippen molar-refractivity contribution in [3.05, 3.63) is 0 Å². The minimum atomic E-state index is -0.598. The first-order chi connectivity index (χ1) is 6.79. The van der Waals surface area contributed by atoms with Gasteiger partial charge in [-0.2, -0.15) is 0 Å². The van der Waals surface area contributed by atoms with Crippen molar-refractivity contribution < 1.29 is 14.3 Å². The molecular weight excluding hydrogens is 196 g/mol. The molecule has 0 aliphatic heterocycles. The highest BCUT2D eigenvalue weighted by molar-refractivity contribution is 5.82. The summed E-state index contributed by atoms with van der Waals surface area (Å²) in [6.07, 6.45) is 1.23. The molecule has 1 N–H and O–H groups in total. The number of nitrogens with zero attached hydrogens (tertiary/aromatic N) is 1. The van der Waals surface area contributed by atoms with E-state index in [9.17, 15) is 9.59 Å². The maximum absolute atomic E-state index is 11.5. The molecule has 0 heterocycles. The van der Waals surface area contributed by atoms with E-state index in [1.165, 1.54) is 12.1 Å². The van der Waals surface area contributed by atoms with Gasteiger partial charge in [0.15, 0.2) is 0 Å². The quantitative estimate of drug-likeness (QED) is 0.669. The summed E-state index contributed by atoms with van der Waals surface area (Å²) in [5.74, 6) is 0.0331. The predicted molar refractivity (Wildman–Crippen MR) is 54.9 cm³/mol. The Morgan fingerprint density at radius 2 is 1.87 bits per heavy atom. The van der Waals surface area contributed by atoms with Crippen molar-refractivity contribution in [2.45, 2.75) is 39.2 Å². The number of carbonyl (C=O) groups excluding carboxylic acids is 2. The van der Waals surface area contributed by atoms with E-state index in [1.54, 1.807) is 20.8 Å². The van der Waals surface area contributed by atoms with Crippen LogP contribution in [0.15, 0.2) is 0 Å². The largest absolute Gasteiger partial charge is 0.443 e. The van der Waals surface area contributed by atoms with E-state index in [0.717, 1.165) is 12.8 Å². The molecule has 1 aliphatic carbocycles. The van der Waals surface area contributed by atoms with Gasteiger partial charge >= 0.3 is 6.09 Å². The molecule has 1 fully saturated rings. The molecule has 5 heteroatoms.